The molecule has 1 amide bonds. The number of amides is 1. The number of amidine groups is 2. The molecule has 1 aliphatic carbocycles. The van der Waals surface area contributed by atoms with E-state index in [2.05, 4.69) is 20.3 Å². The first-order valence-corrected chi connectivity index (χ1v) is 12.5. The zero-order chi connectivity index (χ0) is 25.1. The van der Waals surface area contributed by atoms with Crippen LogP contribution in [0, 0.1) is 5.92 Å². The van der Waals surface area contributed by atoms with Crippen molar-refractivity contribution in [1.29, 1.82) is 0 Å². The van der Waals surface area contributed by atoms with Gasteiger partial charge in [-0.2, -0.15) is 13.2 Å². The fourth-order valence-corrected chi connectivity index (χ4v) is 6.29. The molecule has 0 aromatic heterocycles. The monoisotopic (exact) mass is 497 g/mol. The molecule has 3 N–H and O–H groups in total. The van der Waals surface area contributed by atoms with Crippen LogP contribution in [0.15, 0.2) is 33.2 Å². The number of anilines is 1. The Hall–Kier alpha value is -2.76. The van der Waals surface area contributed by atoms with Crippen molar-refractivity contribution in [1.82, 2.24) is 0 Å². The average molecular weight is 498 g/mol. The highest BCUT2D eigenvalue weighted by molar-refractivity contribution is 7.93. The summed E-state index contributed by atoms with van der Waals surface area (Å²) in [5.74, 6) is -3.13. The molecular weight excluding hydrogens is 471 g/mol. The van der Waals surface area contributed by atoms with Gasteiger partial charge in [0, 0.05) is 11.9 Å². The molecule has 3 aliphatic rings. The van der Waals surface area contributed by atoms with Crippen LogP contribution in [-0.4, -0.2) is 54.9 Å². The molecule has 4 rings (SSSR count). The van der Waals surface area contributed by atoms with Crippen LogP contribution >= 0.6 is 0 Å². The van der Waals surface area contributed by atoms with Crippen LogP contribution in [0.1, 0.15) is 44.7 Å². The molecular formula is C22H26F3N5O3S. The van der Waals surface area contributed by atoms with Crippen molar-refractivity contribution in [3.63, 3.8) is 0 Å². The fraction of sp³-hybridized carbons (Fsp3) is 0.545. The Balaban J connectivity index is 1.64. The van der Waals surface area contributed by atoms with Gasteiger partial charge in [-0.15, -0.1) is 0 Å². The average Bonchev–Trinajstić information content (AvgIpc) is 2.72. The van der Waals surface area contributed by atoms with Gasteiger partial charge in [0.05, 0.1) is 11.8 Å². The van der Waals surface area contributed by atoms with E-state index < -0.39 is 44.2 Å². The molecule has 2 heterocycles. The van der Waals surface area contributed by atoms with Crippen molar-refractivity contribution in [2.75, 3.05) is 11.1 Å². The first kappa shape index (κ1) is 24.4. The summed E-state index contributed by atoms with van der Waals surface area (Å²) in [6.07, 6.45) is -1.87. The topological polar surface area (TPSA) is 126 Å². The third-order valence-electron chi connectivity index (χ3n) is 6.85. The number of halogens is 3. The molecule has 0 saturated heterocycles. The van der Waals surface area contributed by atoms with E-state index in [0.29, 0.717) is 23.9 Å². The minimum absolute atomic E-state index is 0.0418. The summed E-state index contributed by atoms with van der Waals surface area (Å²) < 4.78 is 63.9. The van der Waals surface area contributed by atoms with Gasteiger partial charge in [-0.3, -0.25) is 14.8 Å². The van der Waals surface area contributed by atoms with Crippen LogP contribution in [0.4, 0.5) is 18.9 Å². The number of hydrogen-bond donors (Lipinski definition) is 2. The first-order chi connectivity index (χ1) is 15.7. The molecule has 0 radical (unpaired) electrons. The van der Waals surface area contributed by atoms with Crippen molar-refractivity contribution >= 4 is 39.3 Å². The molecule has 2 unspecified atom stereocenters. The second-order valence-corrected chi connectivity index (χ2v) is 12.1. The Labute approximate surface area is 195 Å². The normalized spacial score (nSPS) is 29.7. The third-order valence-corrected chi connectivity index (χ3v) is 9.47. The minimum Gasteiger partial charge on any atom is -0.386 e. The molecule has 1 spiro atoms. The maximum Gasteiger partial charge on any atom is 0.398 e. The Bertz CT molecular complexity index is 1240. The number of nitrogens with one attached hydrogen (secondary N) is 1. The van der Waals surface area contributed by atoms with E-state index in [4.69, 9.17) is 5.73 Å². The molecule has 8 nitrogen and oxygen atoms in total. The molecule has 0 bridgehead atoms. The van der Waals surface area contributed by atoms with E-state index in [0.717, 1.165) is 18.4 Å². The van der Waals surface area contributed by atoms with Crippen LogP contribution in [-0.2, 0) is 26.6 Å². The number of carbonyl (C=O) groups is 1. The summed E-state index contributed by atoms with van der Waals surface area (Å²) in [7, 11) is -3.61. The molecule has 184 valence electrons. The zero-order valence-corrected chi connectivity index (χ0v) is 19.8. The van der Waals surface area contributed by atoms with Gasteiger partial charge >= 0.3 is 6.18 Å². The molecule has 2 aliphatic heterocycles. The summed E-state index contributed by atoms with van der Waals surface area (Å²) in [6.45, 7) is 4.33. The maximum absolute atomic E-state index is 13.1. The van der Waals surface area contributed by atoms with Crippen LogP contribution in [0.5, 0.6) is 0 Å². The lowest BCUT2D eigenvalue weighted by Crippen LogP contribution is -2.56. The highest BCUT2D eigenvalue weighted by Gasteiger charge is 2.52. The standard InChI is InChI=1S/C22H26F3N5O3S/c1-12-16(22(23,24)25)10-27-17(28-12)18(31)29-14-7-6-13-5-4-8-21(15(13)9-14)11-34(32,33)20(2,3)19(26)30-21/h6-7,9-10,12,16H,4-5,8,11H2,1-3H3,(H2,26,30)(H,29,31)/t12?,16?,21-/m0/s1. The van der Waals surface area contributed by atoms with Gasteiger partial charge < -0.3 is 11.1 Å². The lowest BCUT2D eigenvalue weighted by Gasteiger charge is -2.43. The van der Waals surface area contributed by atoms with Crippen molar-refractivity contribution in [2.24, 2.45) is 26.6 Å². The SMILES string of the molecule is CC1N=C(C(=O)Nc2ccc3c(c2)[C@]2(CCC3)CS(=O)(=O)C(C)(C)C(N)=N2)N=CC1C(F)(F)F. The predicted octanol–water partition coefficient (Wildman–Crippen LogP) is 2.77. The number of nitrogens with two attached hydrogens (primary N) is 1. The van der Waals surface area contributed by atoms with Gasteiger partial charge in [0.2, 0.25) is 5.84 Å². The summed E-state index contributed by atoms with van der Waals surface area (Å²) in [5, 5.41) is 2.61. The number of nitrogens with zero attached hydrogens (tertiary/aromatic N) is 3. The van der Waals surface area contributed by atoms with Crippen LogP contribution in [0.2, 0.25) is 0 Å². The van der Waals surface area contributed by atoms with E-state index >= 15 is 0 Å². The quantitative estimate of drug-likeness (QED) is 0.651. The van der Waals surface area contributed by atoms with Crippen molar-refractivity contribution < 1.29 is 26.4 Å². The van der Waals surface area contributed by atoms with E-state index in [1.54, 1.807) is 18.2 Å². The Kier molecular flexibility index (Phi) is 5.66. The third kappa shape index (κ3) is 4.01. The lowest BCUT2D eigenvalue weighted by atomic mass is 9.77. The van der Waals surface area contributed by atoms with Crippen LogP contribution in [0.3, 0.4) is 0 Å². The van der Waals surface area contributed by atoms with Gasteiger partial charge in [-0.05, 0) is 63.3 Å². The highest BCUT2D eigenvalue weighted by Crippen LogP contribution is 2.45. The van der Waals surface area contributed by atoms with Gasteiger partial charge in [0.25, 0.3) is 5.91 Å². The summed E-state index contributed by atoms with van der Waals surface area (Å²) >= 11 is 0. The first-order valence-electron chi connectivity index (χ1n) is 10.9. The molecule has 0 saturated carbocycles. The summed E-state index contributed by atoms with van der Waals surface area (Å²) in [5.41, 5.74) is 6.97. The van der Waals surface area contributed by atoms with Crippen molar-refractivity contribution in [3.05, 3.63) is 29.3 Å². The number of aryl methyl sites for hydroxylation is 1. The zero-order valence-electron chi connectivity index (χ0n) is 19.0. The van der Waals surface area contributed by atoms with Gasteiger partial charge in [0.15, 0.2) is 9.84 Å². The summed E-state index contributed by atoms with van der Waals surface area (Å²) in [6, 6.07) is 3.92. The van der Waals surface area contributed by atoms with E-state index in [9.17, 15) is 26.4 Å². The number of carbonyl (C=O) groups excluding carboxylic acids is 1. The molecule has 1 aromatic rings. The van der Waals surface area contributed by atoms with E-state index in [1.807, 2.05) is 0 Å². The number of hydrogen-bond acceptors (Lipinski definition) is 7. The molecule has 3 atom stereocenters. The molecule has 34 heavy (non-hydrogen) atoms. The highest BCUT2D eigenvalue weighted by atomic mass is 32.2. The summed E-state index contributed by atoms with van der Waals surface area (Å²) in [4.78, 5) is 24.8. The Morgan fingerprint density at radius 3 is 2.59 bits per heavy atom. The minimum atomic E-state index is -4.50. The number of benzene rings is 1. The van der Waals surface area contributed by atoms with Gasteiger partial charge in [-0.1, -0.05) is 6.07 Å². The number of aliphatic imine (C=N–C) groups is 3. The number of alkyl halides is 3. The van der Waals surface area contributed by atoms with E-state index in [-0.39, 0.29) is 17.4 Å². The van der Waals surface area contributed by atoms with Gasteiger partial charge in [-0.25, -0.2) is 13.4 Å². The smallest absolute Gasteiger partial charge is 0.386 e. The number of rotatable bonds is 2. The largest absolute Gasteiger partial charge is 0.398 e. The number of fused-ring (bicyclic) bond motifs is 2. The maximum atomic E-state index is 13.1. The fourth-order valence-electron chi connectivity index (χ4n) is 4.57. The lowest BCUT2D eigenvalue weighted by molar-refractivity contribution is -0.157. The Morgan fingerprint density at radius 2 is 1.97 bits per heavy atom. The molecule has 0 fully saturated rings. The Morgan fingerprint density at radius 1 is 1.26 bits per heavy atom. The molecule has 1 aromatic carbocycles. The number of sulfone groups is 1. The van der Waals surface area contributed by atoms with Crippen molar-refractivity contribution in [3.8, 4) is 0 Å². The van der Waals surface area contributed by atoms with E-state index in [1.165, 1.54) is 20.8 Å². The predicted molar refractivity (Wildman–Crippen MR) is 124 cm³/mol. The van der Waals surface area contributed by atoms with Crippen LogP contribution < -0.4 is 11.1 Å². The second kappa shape index (κ2) is 7.89. The second-order valence-electron chi connectivity index (χ2n) is 9.52. The van der Waals surface area contributed by atoms with Crippen LogP contribution in [0.25, 0.3) is 0 Å². The molecule has 12 heteroatoms. The van der Waals surface area contributed by atoms with Crippen molar-refractivity contribution in [2.45, 2.75) is 62.5 Å². The van der Waals surface area contributed by atoms with Gasteiger partial charge in [0.1, 0.15) is 22.0 Å².